The van der Waals surface area contributed by atoms with Gasteiger partial charge in [-0.05, 0) is 51.0 Å². The van der Waals surface area contributed by atoms with Crippen LogP contribution in [-0.2, 0) is 9.59 Å². The minimum atomic E-state index is -0.853. The predicted octanol–water partition coefficient (Wildman–Crippen LogP) is 3.28. The fourth-order valence-corrected chi connectivity index (χ4v) is 3.88. The van der Waals surface area contributed by atoms with Crippen LogP contribution >= 0.6 is 0 Å². The normalized spacial score (nSPS) is 18.8. The Morgan fingerprint density at radius 2 is 1.08 bits per heavy atom. The molecule has 2 aromatic carbocycles. The third kappa shape index (κ3) is 7.14. The van der Waals surface area contributed by atoms with Gasteiger partial charge in [0, 0.05) is 36.3 Å². The van der Waals surface area contributed by atoms with E-state index in [9.17, 15) is 29.8 Å². The van der Waals surface area contributed by atoms with Gasteiger partial charge in [0.05, 0.1) is 9.85 Å². The molecule has 36 heavy (non-hydrogen) atoms. The largest absolute Gasteiger partial charge is 0.481 e. The van der Waals surface area contributed by atoms with E-state index in [1.54, 1.807) is 13.8 Å². The molecule has 4 unspecified atom stereocenters. The van der Waals surface area contributed by atoms with Gasteiger partial charge in [0.2, 0.25) is 0 Å². The molecule has 1 aliphatic carbocycles. The van der Waals surface area contributed by atoms with Crippen molar-refractivity contribution in [2.24, 2.45) is 0 Å². The van der Waals surface area contributed by atoms with Crippen molar-refractivity contribution in [1.29, 1.82) is 0 Å². The maximum Gasteiger partial charge on any atom is 0.269 e. The highest BCUT2D eigenvalue weighted by atomic mass is 16.6. The molecule has 1 saturated carbocycles. The van der Waals surface area contributed by atoms with E-state index in [-0.39, 0.29) is 35.3 Å². The lowest BCUT2D eigenvalue weighted by molar-refractivity contribution is -0.385. The van der Waals surface area contributed by atoms with Crippen LogP contribution in [0.4, 0.5) is 11.4 Å². The van der Waals surface area contributed by atoms with E-state index in [0.717, 1.165) is 12.8 Å². The van der Waals surface area contributed by atoms with Crippen LogP contribution in [0.15, 0.2) is 48.5 Å². The summed E-state index contributed by atoms with van der Waals surface area (Å²) in [5.74, 6) is -0.0766. The summed E-state index contributed by atoms with van der Waals surface area (Å²) in [5.41, 5.74) is -0.154. The van der Waals surface area contributed by atoms with Gasteiger partial charge in [-0.15, -0.1) is 0 Å². The van der Waals surface area contributed by atoms with Crippen LogP contribution in [0.5, 0.6) is 11.5 Å². The fourth-order valence-electron chi connectivity index (χ4n) is 3.88. The number of hydrogen-bond donors (Lipinski definition) is 2. The van der Waals surface area contributed by atoms with Crippen molar-refractivity contribution in [1.82, 2.24) is 10.6 Å². The molecule has 12 nitrogen and oxygen atoms in total. The molecule has 0 spiro atoms. The number of nitrogens with one attached hydrogen (secondary N) is 2. The molecule has 3 rings (SSSR count). The van der Waals surface area contributed by atoms with Crippen LogP contribution in [-0.4, -0.2) is 46.0 Å². The Hall–Kier alpha value is -4.22. The topological polar surface area (TPSA) is 163 Å². The Labute approximate surface area is 207 Å². The zero-order chi connectivity index (χ0) is 26.2. The minimum Gasteiger partial charge on any atom is -0.481 e. The molecule has 1 aliphatic rings. The molecule has 0 saturated heterocycles. The summed E-state index contributed by atoms with van der Waals surface area (Å²) in [6.45, 7) is 3.15. The van der Waals surface area contributed by atoms with Crippen molar-refractivity contribution in [3.05, 3.63) is 68.8 Å². The summed E-state index contributed by atoms with van der Waals surface area (Å²) in [7, 11) is 0. The lowest BCUT2D eigenvalue weighted by Crippen LogP contribution is -2.56. The number of rotatable bonds is 10. The monoisotopic (exact) mass is 500 g/mol. The highest BCUT2D eigenvalue weighted by Crippen LogP contribution is 2.22. The first kappa shape index (κ1) is 26.4. The SMILES string of the molecule is CC(Oc1ccc([N+](=O)[O-])cc1)C(=O)NC1CCCCC1NC(=O)C(C)Oc1ccc([N+](=O)[O-])cc1. The number of hydrogen-bond acceptors (Lipinski definition) is 8. The van der Waals surface area contributed by atoms with Crippen molar-refractivity contribution >= 4 is 23.2 Å². The van der Waals surface area contributed by atoms with Gasteiger partial charge in [0.1, 0.15) is 11.5 Å². The van der Waals surface area contributed by atoms with Crippen LogP contribution in [0.25, 0.3) is 0 Å². The van der Waals surface area contributed by atoms with E-state index in [1.807, 2.05) is 0 Å². The van der Waals surface area contributed by atoms with Crippen LogP contribution < -0.4 is 20.1 Å². The van der Waals surface area contributed by atoms with Crippen molar-refractivity contribution in [3.63, 3.8) is 0 Å². The molecular weight excluding hydrogens is 472 g/mol. The van der Waals surface area contributed by atoms with Crippen molar-refractivity contribution in [2.45, 2.75) is 63.8 Å². The van der Waals surface area contributed by atoms with Gasteiger partial charge in [0.25, 0.3) is 23.2 Å². The van der Waals surface area contributed by atoms with E-state index in [4.69, 9.17) is 9.47 Å². The number of nitro groups is 2. The van der Waals surface area contributed by atoms with Crippen molar-refractivity contribution < 1.29 is 28.9 Å². The molecule has 2 N–H and O–H groups in total. The molecule has 0 bridgehead atoms. The standard InChI is InChI=1S/C24H28N4O8/c1-15(35-19-11-7-17(8-12-19)27(31)32)23(29)25-21-5-3-4-6-22(21)26-24(30)16(2)36-20-13-9-18(10-14-20)28(33)34/h7-16,21-22H,3-6H2,1-2H3,(H,25,29)(H,26,30). The van der Waals surface area contributed by atoms with Crippen molar-refractivity contribution in [2.75, 3.05) is 0 Å². The van der Waals surface area contributed by atoms with Gasteiger partial charge in [-0.2, -0.15) is 0 Å². The lowest BCUT2D eigenvalue weighted by Gasteiger charge is -2.34. The van der Waals surface area contributed by atoms with Gasteiger partial charge < -0.3 is 20.1 Å². The second-order valence-electron chi connectivity index (χ2n) is 8.54. The Morgan fingerprint density at radius 3 is 1.39 bits per heavy atom. The fraction of sp³-hybridized carbons (Fsp3) is 0.417. The Bertz CT molecular complexity index is 1000. The molecule has 0 radical (unpaired) electrons. The summed E-state index contributed by atoms with van der Waals surface area (Å²) in [4.78, 5) is 46.0. The Kier molecular flexibility index (Phi) is 8.76. The van der Waals surface area contributed by atoms with E-state index < -0.39 is 22.1 Å². The number of benzene rings is 2. The number of ether oxygens (including phenoxy) is 2. The zero-order valence-corrected chi connectivity index (χ0v) is 19.9. The predicted molar refractivity (Wildman–Crippen MR) is 129 cm³/mol. The number of nitro benzene ring substituents is 2. The average Bonchev–Trinajstić information content (AvgIpc) is 2.85. The number of nitrogens with zero attached hydrogens (tertiary/aromatic N) is 2. The summed E-state index contributed by atoms with van der Waals surface area (Å²) in [6, 6.07) is 10.3. The summed E-state index contributed by atoms with van der Waals surface area (Å²) in [5, 5.41) is 27.4. The molecule has 0 heterocycles. The average molecular weight is 501 g/mol. The highest BCUT2D eigenvalue weighted by Gasteiger charge is 2.31. The molecular formula is C24H28N4O8. The quantitative estimate of drug-likeness (QED) is 0.371. The van der Waals surface area contributed by atoms with Gasteiger partial charge in [-0.3, -0.25) is 29.8 Å². The Balaban J connectivity index is 1.54. The van der Waals surface area contributed by atoms with Crippen LogP contribution in [0, 0.1) is 20.2 Å². The van der Waals surface area contributed by atoms with E-state index in [0.29, 0.717) is 24.3 Å². The molecule has 0 aromatic heterocycles. The second kappa shape index (κ2) is 12.0. The first-order valence-corrected chi connectivity index (χ1v) is 11.6. The molecule has 2 aromatic rings. The van der Waals surface area contributed by atoms with Crippen LogP contribution in [0.1, 0.15) is 39.5 Å². The van der Waals surface area contributed by atoms with Crippen LogP contribution in [0.3, 0.4) is 0 Å². The number of amides is 2. The molecule has 0 aliphatic heterocycles. The zero-order valence-electron chi connectivity index (χ0n) is 19.9. The van der Waals surface area contributed by atoms with Crippen LogP contribution in [0.2, 0.25) is 0 Å². The van der Waals surface area contributed by atoms with Gasteiger partial charge in [-0.1, -0.05) is 12.8 Å². The first-order chi connectivity index (χ1) is 17.1. The molecule has 12 heteroatoms. The summed E-state index contributed by atoms with van der Waals surface area (Å²) in [6.07, 6.45) is 1.44. The highest BCUT2D eigenvalue weighted by molar-refractivity contribution is 5.82. The molecule has 2 amide bonds. The summed E-state index contributed by atoms with van der Waals surface area (Å²) >= 11 is 0. The summed E-state index contributed by atoms with van der Waals surface area (Å²) < 4.78 is 11.2. The second-order valence-corrected chi connectivity index (χ2v) is 8.54. The third-order valence-corrected chi connectivity index (χ3v) is 5.88. The van der Waals surface area contributed by atoms with E-state index in [2.05, 4.69) is 10.6 Å². The number of carbonyl (C=O) groups is 2. The molecule has 192 valence electrons. The smallest absolute Gasteiger partial charge is 0.269 e. The lowest BCUT2D eigenvalue weighted by atomic mass is 9.90. The van der Waals surface area contributed by atoms with Gasteiger partial charge >= 0.3 is 0 Å². The maximum absolute atomic E-state index is 12.7. The third-order valence-electron chi connectivity index (χ3n) is 5.88. The minimum absolute atomic E-state index is 0.0768. The van der Waals surface area contributed by atoms with E-state index in [1.165, 1.54) is 48.5 Å². The van der Waals surface area contributed by atoms with Crippen molar-refractivity contribution in [3.8, 4) is 11.5 Å². The van der Waals surface area contributed by atoms with E-state index >= 15 is 0 Å². The van der Waals surface area contributed by atoms with Gasteiger partial charge in [-0.25, -0.2) is 0 Å². The van der Waals surface area contributed by atoms with Gasteiger partial charge in [0.15, 0.2) is 12.2 Å². The first-order valence-electron chi connectivity index (χ1n) is 11.6. The number of carbonyl (C=O) groups excluding carboxylic acids is 2. The number of non-ortho nitro benzene ring substituents is 2. The Morgan fingerprint density at radius 1 is 0.750 bits per heavy atom. The molecule has 1 fully saturated rings. The maximum atomic E-state index is 12.7. The molecule has 4 atom stereocenters.